The van der Waals surface area contributed by atoms with E-state index in [0.717, 1.165) is 0 Å². The molecule has 0 spiro atoms. The summed E-state index contributed by atoms with van der Waals surface area (Å²) in [7, 11) is 0. The lowest BCUT2D eigenvalue weighted by Gasteiger charge is -2.10. The van der Waals surface area contributed by atoms with Crippen LogP contribution in [0.2, 0.25) is 0 Å². The minimum atomic E-state index is -0.147. The van der Waals surface area contributed by atoms with Crippen LogP contribution in [0.5, 0.6) is 0 Å². The third kappa shape index (κ3) is 4.84. The van der Waals surface area contributed by atoms with Gasteiger partial charge in [-0.1, -0.05) is 25.9 Å². The number of amides is 1. The van der Waals surface area contributed by atoms with Crippen LogP contribution in [0.1, 0.15) is 42.9 Å². The molecule has 2 rings (SSSR count). The van der Waals surface area contributed by atoms with E-state index in [1.54, 1.807) is 11.3 Å². The highest BCUT2D eigenvalue weighted by atomic mass is 32.2. The van der Waals surface area contributed by atoms with E-state index < -0.39 is 0 Å². The van der Waals surface area contributed by atoms with E-state index in [9.17, 15) is 4.79 Å². The summed E-state index contributed by atoms with van der Waals surface area (Å²) in [5.41, 5.74) is 1.07. The second-order valence-electron chi connectivity index (χ2n) is 6.06. The summed E-state index contributed by atoms with van der Waals surface area (Å²) in [5.74, 6) is 2.25. The first-order chi connectivity index (χ1) is 10.4. The monoisotopic (exact) mass is 339 g/mol. The Kier molecular flexibility index (Phi) is 5.63. The molecule has 7 heteroatoms. The standard InChI is InChI=1S/C15H21N3O2S2/c1-10-5-6-22-11(10)7-16-13(19)9-21-8-12-17-14(20-18-12)15(2,3)4/h5-6H,7-9H2,1-4H3,(H,16,19). The lowest BCUT2D eigenvalue weighted by Crippen LogP contribution is -2.24. The van der Waals surface area contributed by atoms with Crippen LogP contribution in [0, 0.1) is 6.92 Å². The van der Waals surface area contributed by atoms with Crippen LogP contribution in [0.4, 0.5) is 0 Å². The van der Waals surface area contributed by atoms with Crippen LogP contribution in [0.3, 0.4) is 0 Å². The maximum Gasteiger partial charge on any atom is 0.232 e. The second-order valence-corrected chi connectivity index (χ2v) is 8.05. The Morgan fingerprint density at radius 2 is 2.23 bits per heavy atom. The zero-order valence-corrected chi connectivity index (χ0v) is 14.9. The molecule has 0 aliphatic carbocycles. The topological polar surface area (TPSA) is 68.0 Å². The molecule has 0 radical (unpaired) electrons. The lowest BCUT2D eigenvalue weighted by atomic mass is 9.97. The highest BCUT2D eigenvalue weighted by molar-refractivity contribution is 7.99. The Morgan fingerprint density at radius 3 is 2.82 bits per heavy atom. The van der Waals surface area contributed by atoms with Crippen molar-refractivity contribution in [2.45, 2.75) is 45.4 Å². The molecule has 2 aromatic heterocycles. The number of rotatable bonds is 6. The third-order valence-electron chi connectivity index (χ3n) is 2.99. The van der Waals surface area contributed by atoms with Gasteiger partial charge in [-0.05, 0) is 23.9 Å². The van der Waals surface area contributed by atoms with Crippen molar-refractivity contribution >= 4 is 29.0 Å². The minimum Gasteiger partial charge on any atom is -0.350 e. The Hall–Kier alpha value is -1.34. The average molecular weight is 339 g/mol. The second kappa shape index (κ2) is 7.28. The highest BCUT2D eigenvalue weighted by Gasteiger charge is 2.21. The fraction of sp³-hybridized carbons (Fsp3) is 0.533. The summed E-state index contributed by atoms with van der Waals surface area (Å²) in [6, 6.07) is 2.06. The number of nitrogens with zero attached hydrogens (tertiary/aromatic N) is 2. The van der Waals surface area contributed by atoms with Gasteiger partial charge in [0.15, 0.2) is 5.82 Å². The SMILES string of the molecule is Cc1ccsc1CNC(=O)CSCc1noc(C(C)(C)C)n1. The van der Waals surface area contributed by atoms with Gasteiger partial charge in [0, 0.05) is 10.3 Å². The summed E-state index contributed by atoms with van der Waals surface area (Å²) in [4.78, 5) is 17.4. The first kappa shape index (κ1) is 17.0. The van der Waals surface area contributed by atoms with Gasteiger partial charge >= 0.3 is 0 Å². The number of thioether (sulfide) groups is 1. The Bertz CT molecular complexity index is 629. The summed E-state index contributed by atoms with van der Waals surface area (Å²) in [6.45, 7) is 8.72. The zero-order chi connectivity index (χ0) is 16.2. The van der Waals surface area contributed by atoms with Crippen molar-refractivity contribution in [3.8, 4) is 0 Å². The van der Waals surface area contributed by atoms with Gasteiger partial charge in [0.2, 0.25) is 11.8 Å². The zero-order valence-electron chi connectivity index (χ0n) is 13.3. The Balaban J connectivity index is 1.71. The summed E-state index contributed by atoms with van der Waals surface area (Å²) in [6.07, 6.45) is 0. The van der Waals surface area contributed by atoms with Crippen LogP contribution < -0.4 is 5.32 Å². The number of thiophene rings is 1. The molecule has 0 saturated carbocycles. The van der Waals surface area contributed by atoms with Crippen molar-refractivity contribution in [1.29, 1.82) is 0 Å². The van der Waals surface area contributed by atoms with Crippen LogP contribution in [0.25, 0.3) is 0 Å². The highest BCUT2D eigenvalue weighted by Crippen LogP contribution is 2.21. The molecule has 2 aromatic rings. The molecule has 22 heavy (non-hydrogen) atoms. The fourth-order valence-electron chi connectivity index (χ4n) is 1.67. The van der Waals surface area contributed by atoms with E-state index in [4.69, 9.17) is 4.52 Å². The first-order valence-electron chi connectivity index (χ1n) is 7.07. The number of aryl methyl sites for hydroxylation is 1. The third-order valence-corrected chi connectivity index (χ3v) is 4.94. The van der Waals surface area contributed by atoms with Gasteiger partial charge in [-0.15, -0.1) is 23.1 Å². The van der Waals surface area contributed by atoms with Crippen LogP contribution in [-0.2, 0) is 22.5 Å². The number of hydrogen-bond donors (Lipinski definition) is 1. The largest absolute Gasteiger partial charge is 0.350 e. The molecule has 5 nitrogen and oxygen atoms in total. The first-order valence-corrected chi connectivity index (χ1v) is 9.10. The molecule has 0 aliphatic rings. The van der Waals surface area contributed by atoms with Gasteiger partial charge in [-0.2, -0.15) is 4.98 Å². The summed E-state index contributed by atoms with van der Waals surface area (Å²) >= 11 is 3.15. The van der Waals surface area contributed by atoms with Crippen molar-refractivity contribution in [1.82, 2.24) is 15.5 Å². The van der Waals surface area contributed by atoms with E-state index in [-0.39, 0.29) is 11.3 Å². The smallest absolute Gasteiger partial charge is 0.232 e. The van der Waals surface area contributed by atoms with Crippen LogP contribution in [0.15, 0.2) is 16.0 Å². The number of aromatic nitrogens is 2. The normalized spacial score (nSPS) is 11.6. The van der Waals surface area contributed by atoms with Crippen LogP contribution in [-0.4, -0.2) is 21.8 Å². The summed E-state index contributed by atoms with van der Waals surface area (Å²) in [5, 5.41) is 8.91. The molecule has 0 bridgehead atoms. The molecule has 120 valence electrons. The van der Waals surface area contributed by atoms with E-state index in [1.807, 2.05) is 26.2 Å². The maximum absolute atomic E-state index is 11.8. The van der Waals surface area contributed by atoms with E-state index in [1.165, 1.54) is 22.2 Å². The average Bonchev–Trinajstić information content (AvgIpc) is 3.05. The molecule has 1 N–H and O–H groups in total. The van der Waals surface area contributed by atoms with Crippen molar-refractivity contribution < 1.29 is 9.32 Å². The maximum atomic E-state index is 11.8. The van der Waals surface area contributed by atoms with E-state index >= 15 is 0 Å². The van der Waals surface area contributed by atoms with Crippen molar-refractivity contribution in [3.63, 3.8) is 0 Å². The Morgan fingerprint density at radius 1 is 1.45 bits per heavy atom. The van der Waals surface area contributed by atoms with Gasteiger partial charge in [-0.3, -0.25) is 4.79 Å². The molecule has 1 amide bonds. The molecular weight excluding hydrogens is 318 g/mol. The predicted molar refractivity (Wildman–Crippen MR) is 90.1 cm³/mol. The van der Waals surface area contributed by atoms with Crippen LogP contribution >= 0.6 is 23.1 Å². The minimum absolute atomic E-state index is 0.0253. The van der Waals surface area contributed by atoms with Crippen molar-refractivity contribution in [2.75, 3.05) is 5.75 Å². The lowest BCUT2D eigenvalue weighted by molar-refractivity contribution is -0.118. The van der Waals surface area contributed by atoms with Crippen molar-refractivity contribution in [2.24, 2.45) is 0 Å². The van der Waals surface area contributed by atoms with E-state index in [0.29, 0.717) is 29.8 Å². The van der Waals surface area contributed by atoms with E-state index in [2.05, 4.69) is 28.4 Å². The molecule has 0 fully saturated rings. The van der Waals surface area contributed by atoms with Gasteiger partial charge < -0.3 is 9.84 Å². The van der Waals surface area contributed by atoms with Gasteiger partial charge in [0.05, 0.1) is 18.1 Å². The Labute approximate surface area is 138 Å². The molecule has 0 aromatic carbocycles. The van der Waals surface area contributed by atoms with Gasteiger partial charge in [-0.25, -0.2) is 0 Å². The molecule has 0 saturated heterocycles. The van der Waals surface area contributed by atoms with Crippen molar-refractivity contribution in [3.05, 3.63) is 33.6 Å². The molecule has 0 aliphatic heterocycles. The fourth-order valence-corrected chi connectivity index (χ4v) is 3.20. The van der Waals surface area contributed by atoms with Gasteiger partial charge in [0.25, 0.3) is 0 Å². The predicted octanol–water partition coefficient (Wildman–Crippen LogP) is 3.29. The number of carbonyl (C=O) groups excluding carboxylic acids is 1. The molecular formula is C15H21N3O2S2. The number of nitrogens with one attached hydrogen (secondary N) is 1. The summed E-state index contributed by atoms with van der Waals surface area (Å²) < 4.78 is 5.22. The molecule has 2 heterocycles. The quantitative estimate of drug-likeness (QED) is 0.874. The number of hydrogen-bond acceptors (Lipinski definition) is 6. The van der Waals surface area contributed by atoms with Gasteiger partial charge in [0.1, 0.15) is 0 Å². The number of carbonyl (C=O) groups is 1. The molecule has 0 atom stereocenters. The molecule has 0 unspecified atom stereocenters.